The van der Waals surface area contributed by atoms with Crippen LogP contribution >= 0.6 is 22.9 Å². The summed E-state index contributed by atoms with van der Waals surface area (Å²) in [6.45, 7) is 0. The lowest BCUT2D eigenvalue weighted by atomic mass is 10.2. The molecule has 0 bridgehead atoms. The molecule has 0 fully saturated rings. The fourth-order valence-corrected chi connectivity index (χ4v) is 2.83. The maximum atomic E-state index is 13.4. The standard InChI is InChI=1S/C14H9ClFN3OS/c15-9-3-1-7(5-10(9)16)13(20)19-14-18-11-4-2-8(17)6-12(11)21-14/h1-6H,17H2,(H,18,19,20). The number of anilines is 2. The number of halogens is 2. The first-order valence-electron chi connectivity index (χ1n) is 5.95. The van der Waals surface area contributed by atoms with E-state index in [9.17, 15) is 9.18 Å². The number of aromatic nitrogens is 1. The summed E-state index contributed by atoms with van der Waals surface area (Å²) in [6, 6.07) is 9.17. The van der Waals surface area contributed by atoms with Gasteiger partial charge in [-0.2, -0.15) is 0 Å². The van der Waals surface area contributed by atoms with Crippen molar-refractivity contribution < 1.29 is 9.18 Å². The minimum atomic E-state index is -0.638. The van der Waals surface area contributed by atoms with Gasteiger partial charge in [0.05, 0.1) is 15.2 Å². The Labute approximate surface area is 128 Å². The molecule has 106 valence electrons. The summed E-state index contributed by atoms with van der Waals surface area (Å²) in [5.41, 5.74) is 7.24. The lowest BCUT2D eigenvalue weighted by Crippen LogP contribution is -2.11. The van der Waals surface area contributed by atoms with Crippen LogP contribution in [-0.2, 0) is 0 Å². The number of carbonyl (C=O) groups excluding carboxylic acids is 1. The van der Waals surface area contributed by atoms with E-state index in [-0.39, 0.29) is 10.6 Å². The first-order chi connectivity index (χ1) is 10.0. The summed E-state index contributed by atoms with van der Waals surface area (Å²) >= 11 is 6.88. The quantitative estimate of drug-likeness (QED) is 0.703. The van der Waals surface area contributed by atoms with E-state index in [0.29, 0.717) is 10.8 Å². The van der Waals surface area contributed by atoms with E-state index in [4.69, 9.17) is 17.3 Å². The summed E-state index contributed by atoms with van der Waals surface area (Å²) in [4.78, 5) is 16.3. The van der Waals surface area contributed by atoms with Crippen LogP contribution in [0.15, 0.2) is 36.4 Å². The number of nitrogen functional groups attached to an aromatic ring is 1. The van der Waals surface area contributed by atoms with E-state index in [1.54, 1.807) is 18.2 Å². The molecule has 0 atom stereocenters. The number of fused-ring (bicyclic) bond motifs is 1. The SMILES string of the molecule is Nc1ccc2nc(NC(=O)c3ccc(Cl)c(F)c3)sc2c1. The molecule has 3 N–H and O–H groups in total. The van der Waals surface area contributed by atoms with Crippen LogP contribution in [-0.4, -0.2) is 10.9 Å². The second-order valence-corrected chi connectivity index (χ2v) is 5.77. The van der Waals surface area contributed by atoms with Gasteiger partial charge in [-0.15, -0.1) is 0 Å². The third kappa shape index (κ3) is 2.81. The van der Waals surface area contributed by atoms with Crippen molar-refractivity contribution in [3.63, 3.8) is 0 Å². The van der Waals surface area contributed by atoms with Gasteiger partial charge in [-0.05, 0) is 36.4 Å². The van der Waals surface area contributed by atoms with Gasteiger partial charge in [-0.1, -0.05) is 22.9 Å². The molecule has 21 heavy (non-hydrogen) atoms. The highest BCUT2D eigenvalue weighted by atomic mass is 35.5. The molecule has 0 radical (unpaired) electrons. The molecule has 0 aliphatic carbocycles. The zero-order valence-corrected chi connectivity index (χ0v) is 12.1. The van der Waals surface area contributed by atoms with Crippen LogP contribution in [0.5, 0.6) is 0 Å². The van der Waals surface area contributed by atoms with Gasteiger partial charge >= 0.3 is 0 Å². The predicted octanol–water partition coefficient (Wildman–Crippen LogP) is 3.92. The fraction of sp³-hybridized carbons (Fsp3) is 0. The van der Waals surface area contributed by atoms with Gasteiger partial charge in [0.1, 0.15) is 5.82 Å². The Hall–Kier alpha value is -2.18. The van der Waals surface area contributed by atoms with Crippen molar-refractivity contribution in [2.45, 2.75) is 0 Å². The average Bonchev–Trinajstić information content (AvgIpc) is 2.83. The first-order valence-corrected chi connectivity index (χ1v) is 7.15. The fourth-order valence-electron chi connectivity index (χ4n) is 1.80. The molecule has 4 nitrogen and oxygen atoms in total. The normalized spacial score (nSPS) is 10.8. The summed E-state index contributed by atoms with van der Waals surface area (Å²) in [7, 11) is 0. The Kier molecular flexibility index (Phi) is 3.48. The predicted molar refractivity (Wildman–Crippen MR) is 83.4 cm³/mol. The van der Waals surface area contributed by atoms with E-state index < -0.39 is 11.7 Å². The number of amides is 1. The summed E-state index contributed by atoms with van der Waals surface area (Å²) in [6.07, 6.45) is 0. The molecule has 1 heterocycles. The van der Waals surface area contributed by atoms with Crippen molar-refractivity contribution in [2.75, 3.05) is 11.1 Å². The number of nitrogens with zero attached hydrogens (tertiary/aromatic N) is 1. The van der Waals surface area contributed by atoms with Crippen LogP contribution in [0.4, 0.5) is 15.2 Å². The number of benzene rings is 2. The highest BCUT2D eigenvalue weighted by molar-refractivity contribution is 7.22. The molecule has 0 aliphatic heterocycles. The van der Waals surface area contributed by atoms with E-state index in [0.717, 1.165) is 16.3 Å². The zero-order chi connectivity index (χ0) is 15.0. The number of nitrogens with one attached hydrogen (secondary N) is 1. The highest BCUT2D eigenvalue weighted by Crippen LogP contribution is 2.28. The third-order valence-corrected chi connectivity index (χ3v) is 4.05. The molecular formula is C14H9ClFN3OS. The lowest BCUT2D eigenvalue weighted by molar-refractivity contribution is 0.102. The van der Waals surface area contributed by atoms with E-state index in [1.807, 2.05) is 0 Å². The minimum Gasteiger partial charge on any atom is -0.399 e. The second-order valence-electron chi connectivity index (χ2n) is 4.33. The van der Waals surface area contributed by atoms with Crippen molar-refractivity contribution in [1.29, 1.82) is 0 Å². The Morgan fingerprint density at radius 2 is 2.10 bits per heavy atom. The molecule has 0 saturated carbocycles. The van der Waals surface area contributed by atoms with Crippen LogP contribution in [0.1, 0.15) is 10.4 Å². The van der Waals surface area contributed by atoms with Crippen LogP contribution < -0.4 is 11.1 Å². The van der Waals surface area contributed by atoms with Crippen LogP contribution in [0, 0.1) is 5.82 Å². The van der Waals surface area contributed by atoms with Crippen molar-refractivity contribution in [3.05, 3.63) is 52.8 Å². The Balaban J connectivity index is 1.87. The van der Waals surface area contributed by atoms with Gasteiger partial charge in [0.2, 0.25) is 0 Å². The van der Waals surface area contributed by atoms with Gasteiger partial charge in [0.25, 0.3) is 5.91 Å². The molecule has 0 aliphatic rings. The topological polar surface area (TPSA) is 68.0 Å². The number of hydrogen-bond acceptors (Lipinski definition) is 4. The maximum Gasteiger partial charge on any atom is 0.257 e. The van der Waals surface area contributed by atoms with E-state index in [1.165, 1.54) is 23.5 Å². The van der Waals surface area contributed by atoms with Gasteiger partial charge in [-0.3, -0.25) is 10.1 Å². The molecule has 0 saturated heterocycles. The molecule has 3 rings (SSSR count). The second kappa shape index (κ2) is 5.31. The van der Waals surface area contributed by atoms with Gasteiger partial charge in [0.15, 0.2) is 5.13 Å². The monoisotopic (exact) mass is 321 g/mol. The lowest BCUT2D eigenvalue weighted by Gasteiger charge is -2.02. The van der Waals surface area contributed by atoms with Crippen LogP contribution in [0.25, 0.3) is 10.2 Å². The van der Waals surface area contributed by atoms with Crippen LogP contribution in [0.2, 0.25) is 5.02 Å². The summed E-state index contributed by atoms with van der Waals surface area (Å²) in [5, 5.41) is 3.03. The van der Waals surface area contributed by atoms with Gasteiger partial charge in [-0.25, -0.2) is 9.37 Å². The van der Waals surface area contributed by atoms with E-state index >= 15 is 0 Å². The average molecular weight is 322 g/mol. The van der Waals surface area contributed by atoms with Gasteiger partial charge in [0, 0.05) is 11.3 Å². The molecular weight excluding hydrogens is 313 g/mol. The third-order valence-electron chi connectivity index (χ3n) is 2.81. The molecule has 3 aromatic rings. The van der Waals surface area contributed by atoms with E-state index in [2.05, 4.69) is 10.3 Å². The molecule has 0 unspecified atom stereocenters. The highest BCUT2D eigenvalue weighted by Gasteiger charge is 2.12. The zero-order valence-electron chi connectivity index (χ0n) is 10.6. The molecule has 0 spiro atoms. The summed E-state index contributed by atoms with van der Waals surface area (Å²) in [5.74, 6) is -1.08. The molecule has 1 aromatic heterocycles. The smallest absolute Gasteiger partial charge is 0.257 e. The van der Waals surface area contributed by atoms with Crippen molar-refractivity contribution in [2.24, 2.45) is 0 Å². The molecule has 7 heteroatoms. The van der Waals surface area contributed by atoms with Crippen LogP contribution in [0.3, 0.4) is 0 Å². The molecule has 1 amide bonds. The van der Waals surface area contributed by atoms with Gasteiger partial charge < -0.3 is 5.73 Å². The molecule has 2 aromatic carbocycles. The maximum absolute atomic E-state index is 13.4. The number of thiazole rings is 1. The minimum absolute atomic E-state index is 0.0259. The largest absolute Gasteiger partial charge is 0.399 e. The van der Waals surface area contributed by atoms with Crippen molar-refractivity contribution >= 4 is 49.9 Å². The van der Waals surface area contributed by atoms with Crippen molar-refractivity contribution in [1.82, 2.24) is 4.98 Å². The first kappa shape index (κ1) is 13.8. The Bertz CT molecular complexity index is 849. The van der Waals surface area contributed by atoms with Crippen molar-refractivity contribution in [3.8, 4) is 0 Å². The Morgan fingerprint density at radius 1 is 1.29 bits per heavy atom. The Morgan fingerprint density at radius 3 is 2.86 bits per heavy atom. The summed E-state index contributed by atoms with van der Waals surface area (Å²) < 4.78 is 14.2. The number of nitrogens with two attached hydrogens (primary N) is 1. The number of carbonyl (C=O) groups is 1. The number of hydrogen-bond donors (Lipinski definition) is 2. The number of rotatable bonds is 2.